The molecular weight excluding hydrogens is 393 g/mol. The summed E-state index contributed by atoms with van der Waals surface area (Å²) in [5, 5.41) is 7.96. The maximum atomic E-state index is 4.48. The Labute approximate surface area is 149 Å². The van der Waals surface area contributed by atoms with E-state index in [1.54, 1.807) is 11.3 Å². The van der Waals surface area contributed by atoms with E-state index in [0.29, 0.717) is 11.3 Å². The minimum absolute atomic E-state index is 0. The summed E-state index contributed by atoms with van der Waals surface area (Å²) in [6.45, 7) is 5.62. The molecule has 1 aliphatic heterocycles. The summed E-state index contributed by atoms with van der Waals surface area (Å²) in [6.07, 6.45) is 5.63. The molecule has 1 aliphatic carbocycles. The summed E-state index contributed by atoms with van der Waals surface area (Å²) in [4.78, 5) is 6.94. The maximum Gasteiger partial charge on any atom is 0.193 e. The normalized spacial score (nSPS) is 21.8. The second kappa shape index (κ2) is 7.31. The SMILES string of the molecule is CN=C(NCC(C)c1ccsc1)N1CCC2(CCC2)C1.I. The quantitative estimate of drug-likeness (QED) is 0.457. The van der Waals surface area contributed by atoms with Gasteiger partial charge in [0.15, 0.2) is 5.96 Å². The van der Waals surface area contributed by atoms with E-state index in [4.69, 9.17) is 0 Å². The van der Waals surface area contributed by atoms with Crippen molar-refractivity contribution in [1.82, 2.24) is 10.2 Å². The van der Waals surface area contributed by atoms with Crippen LogP contribution in [0.25, 0.3) is 0 Å². The molecule has 2 fully saturated rings. The number of hydrogen-bond donors (Lipinski definition) is 1. The lowest BCUT2D eigenvalue weighted by molar-refractivity contribution is 0.151. The molecule has 0 aromatic carbocycles. The maximum absolute atomic E-state index is 4.48. The van der Waals surface area contributed by atoms with Crippen molar-refractivity contribution in [3.05, 3.63) is 22.4 Å². The number of thiophene rings is 1. The average Bonchev–Trinajstić information content (AvgIpc) is 3.08. The number of hydrogen-bond acceptors (Lipinski definition) is 2. The lowest BCUT2D eigenvalue weighted by Crippen LogP contribution is -2.43. The molecule has 1 N–H and O–H groups in total. The predicted octanol–water partition coefficient (Wildman–Crippen LogP) is 3.92. The highest BCUT2D eigenvalue weighted by Crippen LogP contribution is 2.47. The molecule has 3 rings (SSSR count). The second-order valence-corrected chi connectivity index (χ2v) is 7.19. The van der Waals surface area contributed by atoms with E-state index in [1.165, 1.54) is 44.3 Å². The van der Waals surface area contributed by atoms with Crippen molar-refractivity contribution in [2.24, 2.45) is 10.4 Å². The van der Waals surface area contributed by atoms with E-state index in [-0.39, 0.29) is 24.0 Å². The van der Waals surface area contributed by atoms with Crippen LogP contribution in [-0.2, 0) is 0 Å². The minimum Gasteiger partial charge on any atom is -0.356 e. The average molecular weight is 419 g/mol. The van der Waals surface area contributed by atoms with E-state index >= 15 is 0 Å². The highest BCUT2D eigenvalue weighted by molar-refractivity contribution is 14.0. The monoisotopic (exact) mass is 419 g/mol. The number of aliphatic imine (C=N–C) groups is 1. The Bertz CT molecular complexity index is 468. The van der Waals surface area contributed by atoms with Gasteiger partial charge in [-0.1, -0.05) is 13.3 Å². The van der Waals surface area contributed by atoms with Crippen LogP contribution in [0, 0.1) is 5.41 Å². The van der Waals surface area contributed by atoms with Gasteiger partial charge in [-0.05, 0) is 53.0 Å². The van der Waals surface area contributed by atoms with Gasteiger partial charge < -0.3 is 10.2 Å². The van der Waals surface area contributed by atoms with Crippen LogP contribution in [0.15, 0.2) is 21.8 Å². The van der Waals surface area contributed by atoms with Gasteiger partial charge in [0.05, 0.1) is 0 Å². The molecule has 0 radical (unpaired) electrons. The number of nitrogens with one attached hydrogen (secondary N) is 1. The zero-order valence-corrected chi connectivity index (χ0v) is 16.1. The fourth-order valence-electron chi connectivity index (χ4n) is 3.45. The van der Waals surface area contributed by atoms with Gasteiger partial charge in [-0.2, -0.15) is 11.3 Å². The van der Waals surface area contributed by atoms with Crippen LogP contribution in [0.1, 0.15) is 44.1 Å². The Balaban J connectivity index is 0.00000161. The summed E-state index contributed by atoms with van der Waals surface area (Å²) in [5.41, 5.74) is 2.06. The van der Waals surface area contributed by atoms with Crippen molar-refractivity contribution in [3.8, 4) is 0 Å². The first-order valence-electron chi connectivity index (χ1n) is 7.70. The highest BCUT2D eigenvalue weighted by atomic mass is 127. The first-order chi connectivity index (χ1) is 9.72. The molecule has 2 aliphatic rings. The Morgan fingerprint density at radius 2 is 2.29 bits per heavy atom. The fraction of sp³-hybridized carbons (Fsp3) is 0.688. The zero-order valence-electron chi connectivity index (χ0n) is 13.0. The molecule has 3 nitrogen and oxygen atoms in total. The Kier molecular flexibility index (Phi) is 5.94. The summed E-state index contributed by atoms with van der Waals surface area (Å²) in [5.74, 6) is 1.63. The van der Waals surface area contributed by atoms with Crippen LogP contribution in [0.5, 0.6) is 0 Å². The smallest absolute Gasteiger partial charge is 0.193 e. The first kappa shape index (κ1) is 17.1. The molecular formula is C16H26IN3S. The van der Waals surface area contributed by atoms with E-state index in [1.807, 2.05) is 7.05 Å². The molecule has 1 atom stereocenters. The van der Waals surface area contributed by atoms with Crippen LogP contribution in [0.3, 0.4) is 0 Å². The van der Waals surface area contributed by atoms with Gasteiger partial charge in [-0.25, -0.2) is 0 Å². The second-order valence-electron chi connectivity index (χ2n) is 6.41. The third kappa shape index (κ3) is 3.73. The predicted molar refractivity (Wildman–Crippen MR) is 102 cm³/mol. The molecule has 2 heterocycles. The van der Waals surface area contributed by atoms with Crippen LogP contribution in [-0.4, -0.2) is 37.5 Å². The third-order valence-electron chi connectivity index (χ3n) is 5.04. The third-order valence-corrected chi connectivity index (χ3v) is 5.74. The molecule has 1 aromatic heterocycles. The molecule has 5 heteroatoms. The van der Waals surface area contributed by atoms with Gasteiger partial charge in [0.2, 0.25) is 0 Å². The number of halogens is 1. The lowest BCUT2D eigenvalue weighted by Gasteiger charge is -2.38. The molecule has 21 heavy (non-hydrogen) atoms. The Morgan fingerprint density at radius 1 is 1.48 bits per heavy atom. The van der Waals surface area contributed by atoms with Crippen LogP contribution < -0.4 is 5.32 Å². The highest BCUT2D eigenvalue weighted by Gasteiger charge is 2.43. The first-order valence-corrected chi connectivity index (χ1v) is 8.64. The number of likely N-dealkylation sites (tertiary alicyclic amines) is 1. The van der Waals surface area contributed by atoms with E-state index in [9.17, 15) is 0 Å². The van der Waals surface area contributed by atoms with Gasteiger partial charge in [0, 0.05) is 26.7 Å². The van der Waals surface area contributed by atoms with Gasteiger partial charge in [-0.3, -0.25) is 4.99 Å². The standard InChI is InChI=1S/C16H25N3S.HI/c1-13(14-4-9-20-11-14)10-18-15(17-2)19-8-7-16(12-19)5-3-6-16;/h4,9,11,13H,3,5-8,10,12H2,1-2H3,(H,17,18);1H. The van der Waals surface area contributed by atoms with Gasteiger partial charge in [0.1, 0.15) is 0 Å². The van der Waals surface area contributed by atoms with Crippen molar-refractivity contribution < 1.29 is 0 Å². The van der Waals surface area contributed by atoms with Crippen molar-refractivity contribution in [2.75, 3.05) is 26.7 Å². The zero-order chi connectivity index (χ0) is 14.0. The summed E-state index contributed by atoms with van der Waals surface area (Å²) >= 11 is 1.78. The largest absolute Gasteiger partial charge is 0.356 e. The Hall–Kier alpha value is -0.300. The molecule has 1 spiro atoms. The van der Waals surface area contributed by atoms with Gasteiger partial charge in [-0.15, -0.1) is 24.0 Å². The molecule has 118 valence electrons. The molecule has 1 unspecified atom stereocenters. The summed E-state index contributed by atoms with van der Waals surface area (Å²) < 4.78 is 0. The lowest BCUT2D eigenvalue weighted by atomic mass is 9.68. The van der Waals surface area contributed by atoms with Gasteiger partial charge in [0.25, 0.3) is 0 Å². The van der Waals surface area contributed by atoms with E-state index in [2.05, 4.69) is 39.0 Å². The molecule has 1 saturated heterocycles. The topological polar surface area (TPSA) is 27.6 Å². The van der Waals surface area contributed by atoms with Crippen molar-refractivity contribution in [1.29, 1.82) is 0 Å². The van der Waals surface area contributed by atoms with Crippen LogP contribution in [0.4, 0.5) is 0 Å². The Morgan fingerprint density at radius 3 is 2.81 bits per heavy atom. The van der Waals surface area contributed by atoms with Crippen LogP contribution in [0.2, 0.25) is 0 Å². The molecule has 0 bridgehead atoms. The fourth-order valence-corrected chi connectivity index (χ4v) is 4.23. The minimum atomic E-state index is 0. The van der Waals surface area contributed by atoms with E-state index < -0.39 is 0 Å². The van der Waals surface area contributed by atoms with Crippen molar-refractivity contribution in [3.63, 3.8) is 0 Å². The van der Waals surface area contributed by atoms with Crippen molar-refractivity contribution >= 4 is 41.3 Å². The van der Waals surface area contributed by atoms with Crippen molar-refractivity contribution in [2.45, 2.75) is 38.5 Å². The molecule has 0 amide bonds. The van der Waals surface area contributed by atoms with E-state index in [0.717, 1.165) is 12.5 Å². The number of guanidine groups is 1. The summed E-state index contributed by atoms with van der Waals surface area (Å²) in [6, 6.07) is 2.22. The van der Waals surface area contributed by atoms with Crippen LogP contribution >= 0.6 is 35.3 Å². The number of rotatable bonds is 3. The summed E-state index contributed by atoms with van der Waals surface area (Å²) in [7, 11) is 1.91. The molecule has 1 aromatic rings. The van der Waals surface area contributed by atoms with Gasteiger partial charge >= 0.3 is 0 Å². The number of nitrogens with zero attached hydrogens (tertiary/aromatic N) is 2. The molecule has 1 saturated carbocycles.